The molecule has 0 atom stereocenters. The standard InChI is InChI=1S/C24H32N4OS/c1-17(2)20-8-10-21(11-9-20)25-24(30)28-14-12-27(13-15-28)16-23(29)26-22-7-5-6-18(3)19(22)4/h5-11,17H,12-16H2,1-4H3,(H,25,30)(H,26,29)/p+1. The minimum absolute atomic E-state index is 0.0677. The van der Waals surface area contributed by atoms with Crippen molar-refractivity contribution in [3.8, 4) is 0 Å². The van der Waals surface area contributed by atoms with Gasteiger partial charge in [0.25, 0.3) is 5.91 Å². The fourth-order valence-corrected chi connectivity index (χ4v) is 3.97. The average molecular weight is 426 g/mol. The molecule has 0 spiro atoms. The molecule has 1 aliphatic rings. The molecule has 30 heavy (non-hydrogen) atoms. The lowest BCUT2D eigenvalue weighted by atomic mass is 10.0. The molecule has 0 bridgehead atoms. The second kappa shape index (κ2) is 10.0. The van der Waals surface area contributed by atoms with Crippen LogP contribution in [0.25, 0.3) is 0 Å². The van der Waals surface area contributed by atoms with Gasteiger partial charge in [-0.05, 0) is 66.9 Å². The van der Waals surface area contributed by atoms with E-state index in [-0.39, 0.29) is 5.91 Å². The summed E-state index contributed by atoms with van der Waals surface area (Å²) in [6.07, 6.45) is 0. The Labute approximate surface area is 185 Å². The van der Waals surface area contributed by atoms with Gasteiger partial charge in [-0.2, -0.15) is 0 Å². The van der Waals surface area contributed by atoms with Crippen LogP contribution in [0.3, 0.4) is 0 Å². The number of carbonyl (C=O) groups excluding carboxylic acids is 1. The lowest BCUT2D eigenvalue weighted by Gasteiger charge is -2.33. The van der Waals surface area contributed by atoms with Crippen molar-refractivity contribution in [3.63, 3.8) is 0 Å². The van der Waals surface area contributed by atoms with Crippen LogP contribution >= 0.6 is 12.2 Å². The van der Waals surface area contributed by atoms with Gasteiger partial charge in [0.1, 0.15) is 0 Å². The Balaban J connectivity index is 1.45. The second-order valence-corrected chi connectivity index (χ2v) is 8.80. The number of benzene rings is 2. The SMILES string of the molecule is Cc1cccc(NC(=O)C[NH+]2CCN(C(=S)Nc3ccc(C(C)C)cc3)CC2)c1C. The first-order valence-electron chi connectivity index (χ1n) is 10.7. The number of carbonyl (C=O) groups is 1. The second-order valence-electron chi connectivity index (χ2n) is 8.42. The first-order chi connectivity index (χ1) is 14.3. The molecule has 6 heteroatoms. The summed E-state index contributed by atoms with van der Waals surface area (Å²) in [5.41, 5.74) is 5.57. The zero-order valence-electron chi connectivity index (χ0n) is 18.4. The third-order valence-electron chi connectivity index (χ3n) is 5.88. The maximum atomic E-state index is 12.5. The monoisotopic (exact) mass is 425 g/mol. The molecule has 1 heterocycles. The Morgan fingerprint density at radius 2 is 1.73 bits per heavy atom. The number of hydrogen-bond donors (Lipinski definition) is 3. The van der Waals surface area contributed by atoms with Crippen molar-refractivity contribution in [3.05, 3.63) is 59.2 Å². The van der Waals surface area contributed by atoms with Gasteiger partial charge >= 0.3 is 0 Å². The fourth-order valence-electron chi connectivity index (χ4n) is 3.66. The van der Waals surface area contributed by atoms with E-state index < -0.39 is 0 Å². The minimum Gasteiger partial charge on any atom is -0.338 e. The molecular formula is C24H33N4OS+. The molecule has 2 aromatic rings. The van der Waals surface area contributed by atoms with Crippen LogP contribution in [0.2, 0.25) is 0 Å². The minimum atomic E-state index is 0.0677. The third-order valence-corrected chi connectivity index (χ3v) is 6.24. The molecule has 1 aliphatic heterocycles. The van der Waals surface area contributed by atoms with Gasteiger partial charge in [0.15, 0.2) is 11.7 Å². The summed E-state index contributed by atoms with van der Waals surface area (Å²) in [7, 11) is 0. The van der Waals surface area contributed by atoms with E-state index in [0.29, 0.717) is 12.5 Å². The summed E-state index contributed by atoms with van der Waals surface area (Å²) in [5, 5.41) is 7.17. The number of rotatable bonds is 5. The number of anilines is 2. The topological polar surface area (TPSA) is 48.8 Å². The van der Waals surface area contributed by atoms with Crippen molar-refractivity contribution in [2.24, 2.45) is 0 Å². The molecule has 160 valence electrons. The predicted molar refractivity (Wildman–Crippen MR) is 128 cm³/mol. The van der Waals surface area contributed by atoms with Crippen molar-refractivity contribution in [1.29, 1.82) is 0 Å². The average Bonchev–Trinajstić information content (AvgIpc) is 2.72. The zero-order chi connectivity index (χ0) is 21.7. The molecule has 0 aliphatic carbocycles. The number of amides is 1. The van der Waals surface area contributed by atoms with Crippen molar-refractivity contribution >= 4 is 34.6 Å². The first kappa shape index (κ1) is 22.2. The van der Waals surface area contributed by atoms with E-state index in [1.807, 2.05) is 19.1 Å². The molecule has 0 radical (unpaired) electrons. The summed E-state index contributed by atoms with van der Waals surface area (Å²) in [5.74, 6) is 0.590. The number of aryl methyl sites for hydroxylation is 1. The molecule has 0 unspecified atom stereocenters. The van der Waals surface area contributed by atoms with Gasteiger partial charge < -0.3 is 20.4 Å². The van der Waals surface area contributed by atoms with Crippen molar-refractivity contribution < 1.29 is 9.69 Å². The first-order valence-corrected chi connectivity index (χ1v) is 11.1. The lowest BCUT2D eigenvalue weighted by Crippen LogP contribution is -3.15. The molecule has 3 rings (SSSR count). The highest BCUT2D eigenvalue weighted by Gasteiger charge is 2.24. The third kappa shape index (κ3) is 5.80. The van der Waals surface area contributed by atoms with E-state index in [2.05, 4.69) is 66.6 Å². The van der Waals surface area contributed by atoms with Gasteiger partial charge in [0, 0.05) is 11.4 Å². The van der Waals surface area contributed by atoms with Crippen molar-refractivity contribution in [2.75, 3.05) is 43.4 Å². The number of piperazine rings is 1. The van der Waals surface area contributed by atoms with Crippen molar-refractivity contribution in [2.45, 2.75) is 33.6 Å². The Bertz CT molecular complexity index is 887. The summed E-state index contributed by atoms with van der Waals surface area (Å²) in [4.78, 5) is 16.0. The zero-order valence-corrected chi connectivity index (χ0v) is 19.2. The molecule has 1 fully saturated rings. The molecule has 5 nitrogen and oxygen atoms in total. The van der Waals surface area contributed by atoms with Crippen LogP contribution in [-0.4, -0.2) is 48.6 Å². The van der Waals surface area contributed by atoms with Crippen LogP contribution in [0, 0.1) is 13.8 Å². The van der Waals surface area contributed by atoms with Gasteiger partial charge in [-0.1, -0.05) is 38.1 Å². The Morgan fingerprint density at radius 1 is 1.07 bits per heavy atom. The van der Waals surface area contributed by atoms with Crippen LogP contribution < -0.4 is 15.5 Å². The Morgan fingerprint density at radius 3 is 2.37 bits per heavy atom. The van der Waals surface area contributed by atoms with Crippen molar-refractivity contribution in [1.82, 2.24) is 4.90 Å². The fraction of sp³-hybridized carbons (Fsp3) is 0.417. The van der Waals surface area contributed by atoms with E-state index in [1.54, 1.807) is 0 Å². The number of nitrogens with zero attached hydrogens (tertiary/aromatic N) is 1. The van der Waals surface area contributed by atoms with Gasteiger partial charge in [-0.15, -0.1) is 0 Å². The molecular weight excluding hydrogens is 392 g/mol. The van der Waals surface area contributed by atoms with E-state index in [4.69, 9.17) is 12.2 Å². The molecule has 0 saturated carbocycles. The van der Waals surface area contributed by atoms with Gasteiger partial charge in [0.2, 0.25) is 0 Å². The van der Waals surface area contributed by atoms with Crippen LogP contribution in [0.4, 0.5) is 11.4 Å². The normalized spacial score (nSPS) is 14.6. The van der Waals surface area contributed by atoms with Gasteiger partial charge in [-0.3, -0.25) is 4.79 Å². The summed E-state index contributed by atoms with van der Waals surface area (Å²) >= 11 is 5.61. The molecule has 0 aromatic heterocycles. The van der Waals surface area contributed by atoms with Crippen LogP contribution in [0.1, 0.15) is 36.5 Å². The van der Waals surface area contributed by atoms with E-state index in [9.17, 15) is 4.79 Å². The summed E-state index contributed by atoms with van der Waals surface area (Å²) in [6.45, 7) is 12.5. The summed E-state index contributed by atoms with van der Waals surface area (Å²) < 4.78 is 0. The number of thiocarbonyl (C=S) groups is 1. The molecule has 1 saturated heterocycles. The molecule has 1 amide bonds. The largest absolute Gasteiger partial charge is 0.338 e. The van der Waals surface area contributed by atoms with E-state index >= 15 is 0 Å². The highest BCUT2D eigenvalue weighted by Crippen LogP contribution is 2.18. The van der Waals surface area contributed by atoms with E-state index in [1.165, 1.54) is 16.0 Å². The predicted octanol–water partition coefficient (Wildman–Crippen LogP) is 2.96. The maximum Gasteiger partial charge on any atom is 0.279 e. The highest BCUT2D eigenvalue weighted by atomic mass is 32.1. The van der Waals surface area contributed by atoms with Gasteiger partial charge in [-0.25, -0.2) is 0 Å². The Kier molecular flexibility index (Phi) is 7.45. The number of nitrogens with one attached hydrogen (secondary N) is 3. The van der Waals surface area contributed by atoms with Crippen LogP contribution in [0.15, 0.2) is 42.5 Å². The van der Waals surface area contributed by atoms with Crippen LogP contribution in [0.5, 0.6) is 0 Å². The van der Waals surface area contributed by atoms with Gasteiger partial charge in [0.05, 0.1) is 26.2 Å². The van der Waals surface area contributed by atoms with Crippen LogP contribution in [-0.2, 0) is 4.79 Å². The Hall–Kier alpha value is -2.44. The maximum absolute atomic E-state index is 12.5. The smallest absolute Gasteiger partial charge is 0.279 e. The number of quaternary nitrogens is 1. The highest BCUT2D eigenvalue weighted by molar-refractivity contribution is 7.80. The molecule has 3 N–H and O–H groups in total. The quantitative estimate of drug-likeness (QED) is 0.645. The summed E-state index contributed by atoms with van der Waals surface area (Å²) in [6, 6.07) is 14.5. The van der Waals surface area contributed by atoms with E-state index in [0.717, 1.165) is 48.2 Å². The number of hydrogen-bond acceptors (Lipinski definition) is 2. The molecule has 2 aromatic carbocycles. The lowest BCUT2D eigenvalue weighted by molar-refractivity contribution is -0.895.